The number of rotatable bonds is 3. The highest BCUT2D eigenvalue weighted by molar-refractivity contribution is 5.85. The Kier molecular flexibility index (Phi) is 3.84. The zero-order valence-corrected chi connectivity index (χ0v) is 8.51. The second kappa shape index (κ2) is 5.13. The van der Waals surface area contributed by atoms with E-state index in [9.17, 15) is 14.7 Å². The summed E-state index contributed by atoms with van der Waals surface area (Å²) in [6.45, 7) is 0. The molecule has 6 nitrogen and oxygen atoms in total. The number of hydrogen-bond donors (Lipinski definition) is 3. The van der Waals surface area contributed by atoms with Crippen LogP contribution in [-0.2, 0) is 9.53 Å². The molecule has 1 amide bonds. The van der Waals surface area contributed by atoms with Gasteiger partial charge in [0.1, 0.15) is 0 Å². The molecule has 1 atom stereocenters. The van der Waals surface area contributed by atoms with Crippen LogP contribution in [-0.4, -0.2) is 29.4 Å². The monoisotopic (exact) mass is 225 g/mol. The first kappa shape index (κ1) is 12.0. The molecule has 0 aliphatic rings. The Morgan fingerprint density at radius 3 is 2.69 bits per heavy atom. The highest BCUT2D eigenvalue weighted by Gasteiger charge is 2.16. The van der Waals surface area contributed by atoms with E-state index in [2.05, 4.69) is 10.1 Å². The second-order valence-corrected chi connectivity index (χ2v) is 2.98. The maximum absolute atomic E-state index is 10.9. The summed E-state index contributed by atoms with van der Waals surface area (Å²) in [6.07, 6.45) is -2.28. The quantitative estimate of drug-likeness (QED) is 0.712. The normalized spacial score (nSPS) is 11.6. The molecule has 0 heterocycles. The van der Waals surface area contributed by atoms with E-state index in [-0.39, 0.29) is 5.56 Å². The molecule has 1 rings (SSSR count). The number of amides is 1. The number of carbonyl (C=O) groups is 2. The van der Waals surface area contributed by atoms with Crippen LogP contribution in [0.5, 0.6) is 0 Å². The average Bonchev–Trinajstić information content (AvgIpc) is 2.28. The second-order valence-electron chi connectivity index (χ2n) is 2.98. The molecule has 6 heteroatoms. The third kappa shape index (κ3) is 2.96. The van der Waals surface area contributed by atoms with Gasteiger partial charge in [-0.05, 0) is 17.7 Å². The predicted octanol–water partition coefficient (Wildman–Crippen LogP) is 0.983. The number of benzene rings is 1. The standard InChI is InChI=1S/C10H11NO5/c1-16-10(15)11-7-4-2-3-6(5-7)8(12)9(13)14/h2-5,8,12H,1H3,(H,11,15)(H,13,14). The first-order valence-corrected chi connectivity index (χ1v) is 4.40. The molecule has 0 bridgehead atoms. The fourth-order valence-electron chi connectivity index (χ4n) is 1.10. The van der Waals surface area contributed by atoms with E-state index < -0.39 is 18.2 Å². The molecule has 1 aromatic carbocycles. The number of aliphatic carboxylic acids is 1. The number of methoxy groups -OCH3 is 1. The molecule has 1 unspecified atom stereocenters. The lowest BCUT2D eigenvalue weighted by molar-refractivity contribution is -0.146. The van der Waals surface area contributed by atoms with Gasteiger partial charge in [-0.2, -0.15) is 0 Å². The van der Waals surface area contributed by atoms with Crippen LogP contribution in [0.4, 0.5) is 10.5 Å². The van der Waals surface area contributed by atoms with E-state index in [0.29, 0.717) is 5.69 Å². The van der Waals surface area contributed by atoms with Gasteiger partial charge in [0.15, 0.2) is 6.10 Å². The minimum atomic E-state index is -1.61. The number of carboxylic acids is 1. The largest absolute Gasteiger partial charge is 0.479 e. The molecule has 0 aliphatic heterocycles. The first-order chi connectivity index (χ1) is 7.54. The van der Waals surface area contributed by atoms with E-state index in [1.54, 1.807) is 6.07 Å². The molecule has 0 aliphatic carbocycles. The van der Waals surface area contributed by atoms with E-state index in [1.165, 1.54) is 25.3 Å². The Bertz CT molecular complexity index is 404. The Morgan fingerprint density at radius 1 is 1.44 bits per heavy atom. The van der Waals surface area contributed by atoms with Crippen LogP contribution >= 0.6 is 0 Å². The summed E-state index contributed by atoms with van der Waals surface area (Å²) < 4.78 is 4.37. The zero-order valence-electron chi connectivity index (χ0n) is 8.51. The summed E-state index contributed by atoms with van der Waals surface area (Å²) in [7, 11) is 1.21. The van der Waals surface area contributed by atoms with Gasteiger partial charge < -0.3 is 14.9 Å². The fraction of sp³-hybridized carbons (Fsp3) is 0.200. The van der Waals surface area contributed by atoms with Crippen molar-refractivity contribution in [3.63, 3.8) is 0 Å². The molecular formula is C10H11NO5. The van der Waals surface area contributed by atoms with Gasteiger partial charge in [0.25, 0.3) is 0 Å². The minimum absolute atomic E-state index is 0.182. The molecule has 0 saturated heterocycles. The van der Waals surface area contributed by atoms with Gasteiger partial charge in [0, 0.05) is 5.69 Å². The molecule has 0 saturated carbocycles. The highest BCUT2D eigenvalue weighted by atomic mass is 16.5. The third-order valence-electron chi connectivity index (χ3n) is 1.87. The van der Waals surface area contributed by atoms with Crippen LogP contribution < -0.4 is 5.32 Å². The van der Waals surface area contributed by atoms with Crippen LogP contribution in [0.3, 0.4) is 0 Å². The van der Waals surface area contributed by atoms with Crippen molar-refractivity contribution in [2.24, 2.45) is 0 Å². The number of nitrogens with one attached hydrogen (secondary N) is 1. The Balaban J connectivity index is 2.86. The van der Waals surface area contributed by atoms with Gasteiger partial charge in [0.2, 0.25) is 0 Å². The smallest absolute Gasteiger partial charge is 0.411 e. The summed E-state index contributed by atoms with van der Waals surface area (Å²) in [5, 5.41) is 20.2. The SMILES string of the molecule is COC(=O)Nc1cccc(C(O)C(=O)O)c1. The molecule has 1 aromatic rings. The molecule has 3 N–H and O–H groups in total. The Hall–Kier alpha value is -2.08. The molecule has 16 heavy (non-hydrogen) atoms. The fourth-order valence-corrected chi connectivity index (χ4v) is 1.10. The summed E-state index contributed by atoms with van der Waals surface area (Å²) in [5.41, 5.74) is 0.533. The molecule has 0 radical (unpaired) electrons. The van der Waals surface area contributed by atoms with Gasteiger partial charge in [-0.25, -0.2) is 9.59 Å². The van der Waals surface area contributed by atoms with E-state index in [0.717, 1.165) is 0 Å². The zero-order chi connectivity index (χ0) is 12.1. The minimum Gasteiger partial charge on any atom is -0.479 e. The van der Waals surface area contributed by atoms with Crippen molar-refractivity contribution in [3.05, 3.63) is 29.8 Å². The lowest BCUT2D eigenvalue weighted by atomic mass is 10.1. The lowest BCUT2D eigenvalue weighted by Crippen LogP contribution is -2.13. The number of aliphatic hydroxyl groups excluding tert-OH is 1. The predicted molar refractivity (Wildman–Crippen MR) is 55.1 cm³/mol. The van der Waals surface area contributed by atoms with Crippen LogP contribution in [0, 0.1) is 0 Å². The van der Waals surface area contributed by atoms with Gasteiger partial charge in [-0.1, -0.05) is 12.1 Å². The van der Waals surface area contributed by atoms with Crippen molar-refractivity contribution >= 4 is 17.7 Å². The summed E-state index contributed by atoms with van der Waals surface area (Å²) >= 11 is 0. The van der Waals surface area contributed by atoms with Crippen molar-refractivity contribution in [1.29, 1.82) is 0 Å². The summed E-state index contributed by atoms with van der Waals surface area (Å²) in [6, 6.07) is 5.87. The number of ether oxygens (including phenoxy) is 1. The van der Waals surface area contributed by atoms with Crippen molar-refractivity contribution in [3.8, 4) is 0 Å². The molecular weight excluding hydrogens is 214 g/mol. The van der Waals surface area contributed by atoms with Crippen LogP contribution in [0.25, 0.3) is 0 Å². The molecule has 0 aromatic heterocycles. The van der Waals surface area contributed by atoms with Crippen LogP contribution in [0.15, 0.2) is 24.3 Å². The molecule has 0 fully saturated rings. The van der Waals surface area contributed by atoms with Gasteiger partial charge in [-0.3, -0.25) is 5.32 Å². The van der Waals surface area contributed by atoms with Gasteiger partial charge in [0.05, 0.1) is 7.11 Å². The lowest BCUT2D eigenvalue weighted by Gasteiger charge is -2.08. The van der Waals surface area contributed by atoms with Crippen molar-refractivity contribution < 1.29 is 24.5 Å². The number of carboxylic acid groups (broad SMARTS) is 1. The van der Waals surface area contributed by atoms with Crippen LogP contribution in [0.1, 0.15) is 11.7 Å². The molecule has 0 spiro atoms. The molecule has 86 valence electrons. The van der Waals surface area contributed by atoms with Crippen molar-refractivity contribution in [2.45, 2.75) is 6.10 Å². The van der Waals surface area contributed by atoms with E-state index in [4.69, 9.17) is 5.11 Å². The van der Waals surface area contributed by atoms with Crippen molar-refractivity contribution in [1.82, 2.24) is 0 Å². The van der Waals surface area contributed by atoms with Gasteiger partial charge >= 0.3 is 12.1 Å². The maximum Gasteiger partial charge on any atom is 0.411 e. The maximum atomic E-state index is 10.9. The number of carbonyl (C=O) groups excluding carboxylic acids is 1. The topological polar surface area (TPSA) is 95.9 Å². The number of aliphatic hydroxyl groups is 1. The van der Waals surface area contributed by atoms with E-state index in [1.807, 2.05) is 0 Å². The summed E-state index contributed by atoms with van der Waals surface area (Å²) in [4.78, 5) is 21.4. The average molecular weight is 225 g/mol. The van der Waals surface area contributed by atoms with E-state index >= 15 is 0 Å². The first-order valence-electron chi connectivity index (χ1n) is 4.40. The Morgan fingerprint density at radius 2 is 2.12 bits per heavy atom. The van der Waals surface area contributed by atoms with Crippen molar-refractivity contribution in [2.75, 3.05) is 12.4 Å². The third-order valence-corrected chi connectivity index (χ3v) is 1.87. The summed E-state index contributed by atoms with van der Waals surface area (Å²) in [5.74, 6) is -1.35. The van der Waals surface area contributed by atoms with Crippen LogP contribution in [0.2, 0.25) is 0 Å². The number of hydrogen-bond acceptors (Lipinski definition) is 4. The highest BCUT2D eigenvalue weighted by Crippen LogP contribution is 2.17. The Labute approximate surface area is 91.5 Å². The van der Waals surface area contributed by atoms with Gasteiger partial charge in [-0.15, -0.1) is 0 Å². The number of anilines is 1.